The van der Waals surface area contributed by atoms with E-state index in [2.05, 4.69) is 62.3 Å². The van der Waals surface area contributed by atoms with Crippen LogP contribution in [0.1, 0.15) is 200 Å². The van der Waals surface area contributed by atoms with Gasteiger partial charge in [-0.1, -0.05) is 93.4 Å². The number of phenols is 2. The standard InChI is InChI=1S/C42H70O2/c1-10-17-24-32-30(8)39(34(26-19-12-3)36(41(32)43)28-21-14-5)38(23-16-7)40-31(9)33(25-18-11-2)42(44)37(29-22-15-6)35(40)27-20-13-4/h38,43-44H,10-29H2,1-9H3. The number of rotatable bonds is 22. The Morgan fingerprint density at radius 2 is 0.659 bits per heavy atom. The summed E-state index contributed by atoms with van der Waals surface area (Å²) in [6.45, 7) is 20.7. The lowest BCUT2D eigenvalue weighted by atomic mass is 9.72. The molecule has 0 radical (unpaired) electrons. The van der Waals surface area contributed by atoms with Gasteiger partial charge in [-0.3, -0.25) is 0 Å². The molecule has 2 nitrogen and oxygen atoms in total. The largest absolute Gasteiger partial charge is 0.507 e. The number of aromatic hydroxyl groups is 2. The quantitative estimate of drug-likeness (QED) is 0.140. The zero-order valence-electron chi connectivity index (χ0n) is 30.6. The van der Waals surface area contributed by atoms with E-state index in [1.165, 1.54) is 55.6 Å². The zero-order chi connectivity index (χ0) is 32.6. The topological polar surface area (TPSA) is 40.5 Å². The molecule has 2 aromatic rings. The second-order valence-corrected chi connectivity index (χ2v) is 13.6. The molecule has 0 aliphatic heterocycles. The monoisotopic (exact) mass is 607 g/mol. The van der Waals surface area contributed by atoms with Gasteiger partial charge in [0, 0.05) is 5.92 Å². The Morgan fingerprint density at radius 3 is 0.932 bits per heavy atom. The highest BCUT2D eigenvalue weighted by Crippen LogP contribution is 2.47. The maximum atomic E-state index is 11.9. The van der Waals surface area contributed by atoms with Crippen LogP contribution in [0.25, 0.3) is 0 Å². The molecule has 0 aliphatic carbocycles. The number of benzene rings is 2. The Kier molecular flexibility index (Phi) is 17.6. The average Bonchev–Trinajstić information content (AvgIpc) is 3.01. The van der Waals surface area contributed by atoms with E-state index in [1.54, 1.807) is 0 Å². The number of hydrogen-bond acceptors (Lipinski definition) is 2. The third-order valence-electron chi connectivity index (χ3n) is 10.2. The van der Waals surface area contributed by atoms with Crippen LogP contribution in [0, 0.1) is 13.8 Å². The smallest absolute Gasteiger partial charge is 0.122 e. The Labute approximate surface area is 273 Å². The normalized spacial score (nSPS) is 11.7. The Morgan fingerprint density at radius 1 is 0.386 bits per heavy atom. The van der Waals surface area contributed by atoms with Crippen LogP contribution in [-0.2, 0) is 38.5 Å². The van der Waals surface area contributed by atoms with Crippen LogP contribution in [-0.4, -0.2) is 10.2 Å². The van der Waals surface area contributed by atoms with E-state index in [9.17, 15) is 10.2 Å². The Hall–Kier alpha value is -1.96. The van der Waals surface area contributed by atoms with Gasteiger partial charge in [0.2, 0.25) is 0 Å². The van der Waals surface area contributed by atoms with Gasteiger partial charge in [-0.15, -0.1) is 0 Å². The molecule has 250 valence electrons. The van der Waals surface area contributed by atoms with Crippen molar-refractivity contribution in [1.29, 1.82) is 0 Å². The summed E-state index contributed by atoms with van der Waals surface area (Å²) in [6.07, 6.45) is 21.7. The van der Waals surface area contributed by atoms with Gasteiger partial charge in [0.25, 0.3) is 0 Å². The lowest BCUT2D eigenvalue weighted by molar-refractivity contribution is 0.454. The fraction of sp³-hybridized carbons (Fsp3) is 0.714. The van der Waals surface area contributed by atoms with Gasteiger partial charge in [-0.2, -0.15) is 0 Å². The molecule has 2 N–H and O–H groups in total. The average molecular weight is 607 g/mol. The first-order valence-corrected chi connectivity index (χ1v) is 19.0. The molecule has 44 heavy (non-hydrogen) atoms. The van der Waals surface area contributed by atoms with E-state index in [0.717, 1.165) is 128 Å². The van der Waals surface area contributed by atoms with Gasteiger partial charge in [0.05, 0.1) is 0 Å². The van der Waals surface area contributed by atoms with Crippen molar-refractivity contribution in [1.82, 2.24) is 0 Å². The van der Waals surface area contributed by atoms with Gasteiger partial charge < -0.3 is 10.2 Å². The highest BCUT2D eigenvalue weighted by molar-refractivity contribution is 5.63. The van der Waals surface area contributed by atoms with Gasteiger partial charge >= 0.3 is 0 Å². The summed E-state index contributed by atoms with van der Waals surface area (Å²) in [5, 5.41) is 23.8. The summed E-state index contributed by atoms with van der Waals surface area (Å²) in [7, 11) is 0. The molecule has 0 heterocycles. The highest BCUT2D eigenvalue weighted by atomic mass is 16.3. The van der Waals surface area contributed by atoms with Crippen molar-refractivity contribution in [3.8, 4) is 11.5 Å². The van der Waals surface area contributed by atoms with Gasteiger partial charge in [0.15, 0.2) is 0 Å². The molecule has 2 rings (SSSR count). The summed E-state index contributed by atoms with van der Waals surface area (Å²) >= 11 is 0. The third-order valence-corrected chi connectivity index (χ3v) is 10.2. The van der Waals surface area contributed by atoms with Crippen LogP contribution in [0.2, 0.25) is 0 Å². The highest BCUT2D eigenvalue weighted by Gasteiger charge is 2.31. The van der Waals surface area contributed by atoms with Crippen LogP contribution < -0.4 is 0 Å². The van der Waals surface area contributed by atoms with Crippen molar-refractivity contribution in [3.05, 3.63) is 55.6 Å². The SMILES string of the molecule is CCCCc1c(C)c(C(CCC)c2c(C)c(CCCC)c(O)c(CCCC)c2CCCC)c(CCCC)c(CCCC)c1O. The van der Waals surface area contributed by atoms with Crippen LogP contribution in [0.3, 0.4) is 0 Å². The first-order chi connectivity index (χ1) is 21.3. The molecule has 0 spiro atoms. The molecule has 0 aliphatic rings. The van der Waals surface area contributed by atoms with Gasteiger partial charge in [0.1, 0.15) is 11.5 Å². The van der Waals surface area contributed by atoms with Gasteiger partial charge in [-0.25, -0.2) is 0 Å². The van der Waals surface area contributed by atoms with Crippen LogP contribution >= 0.6 is 0 Å². The summed E-state index contributed by atoms with van der Waals surface area (Å²) in [4.78, 5) is 0. The molecule has 2 aromatic carbocycles. The molecule has 0 atom stereocenters. The lowest BCUT2D eigenvalue weighted by Gasteiger charge is -2.33. The molecule has 0 saturated carbocycles. The lowest BCUT2D eigenvalue weighted by Crippen LogP contribution is -2.18. The second kappa shape index (κ2) is 20.2. The Balaban J connectivity index is 3.15. The van der Waals surface area contributed by atoms with E-state index in [0.29, 0.717) is 17.4 Å². The zero-order valence-corrected chi connectivity index (χ0v) is 30.6. The third kappa shape index (κ3) is 9.29. The maximum absolute atomic E-state index is 11.9. The predicted octanol–water partition coefficient (Wildman–Crippen LogP) is 12.7. The van der Waals surface area contributed by atoms with Crippen LogP contribution in [0.4, 0.5) is 0 Å². The molecule has 0 bridgehead atoms. The first kappa shape index (κ1) is 38.2. The molecule has 0 amide bonds. The minimum absolute atomic E-state index is 0.293. The van der Waals surface area contributed by atoms with Crippen LogP contribution in [0.15, 0.2) is 0 Å². The fourth-order valence-corrected chi connectivity index (χ4v) is 7.62. The Bertz CT molecular complexity index is 1050. The maximum Gasteiger partial charge on any atom is 0.122 e. The fourth-order valence-electron chi connectivity index (χ4n) is 7.62. The molecular weight excluding hydrogens is 536 g/mol. The molecule has 0 fully saturated rings. The molecular formula is C42H70O2. The molecule has 0 saturated heterocycles. The van der Waals surface area contributed by atoms with Crippen molar-refractivity contribution in [2.24, 2.45) is 0 Å². The molecule has 0 aromatic heterocycles. The first-order valence-electron chi connectivity index (χ1n) is 19.0. The minimum atomic E-state index is 0.293. The van der Waals surface area contributed by atoms with Crippen molar-refractivity contribution in [2.75, 3.05) is 0 Å². The molecule has 0 unspecified atom stereocenters. The van der Waals surface area contributed by atoms with Gasteiger partial charge in [-0.05, 0) is 153 Å². The second-order valence-electron chi connectivity index (χ2n) is 13.6. The van der Waals surface area contributed by atoms with Crippen LogP contribution in [0.5, 0.6) is 11.5 Å². The number of unbranched alkanes of at least 4 members (excludes halogenated alkanes) is 6. The van der Waals surface area contributed by atoms with Crippen molar-refractivity contribution < 1.29 is 10.2 Å². The van der Waals surface area contributed by atoms with E-state index in [1.807, 2.05) is 0 Å². The predicted molar refractivity (Wildman–Crippen MR) is 194 cm³/mol. The number of hydrogen-bond donors (Lipinski definition) is 2. The van der Waals surface area contributed by atoms with E-state index in [4.69, 9.17) is 0 Å². The molecule has 2 heteroatoms. The van der Waals surface area contributed by atoms with E-state index >= 15 is 0 Å². The van der Waals surface area contributed by atoms with E-state index in [-0.39, 0.29) is 0 Å². The van der Waals surface area contributed by atoms with Crippen molar-refractivity contribution in [3.63, 3.8) is 0 Å². The number of phenolic OH excluding ortho intramolecular Hbond substituents is 2. The summed E-state index contributed by atoms with van der Waals surface area (Å²) < 4.78 is 0. The van der Waals surface area contributed by atoms with Crippen molar-refractivity contribution >= 4 is 0 Å². The van der Waals surface area contributed by atoms with Crippen molar-refractivity contribution in [2.45, 2.75) is 197 Å². The summed E-state index contributed by atoms with van der Waals surface area (Å²) in [6, 6.07) is 0. The summed E-state index contributed by atoms with van der Waals surface area (Å²) in [5.41, 5.74) is 13.6. The summed E-state index contributed by atoms with van der Waals surface area (Å²) in [5.74, 6) is 1.51. The van der Waals surface area contributed by atoms with E-state index < -0.39 is 0 Å². The minimum Gasteiger partial charge on any atom is -0.507 e.